The second kappa shape index (κ2) is 3.35. The Kier molecular flexibility index (Phi) is 2.17. The number of aliphatic hydroxyl groups excluding tert-OH is 1. The van der Waals surface area contributed by atoms with E-state index in [9.17, 15) is 9.90 Å². The predicted octanol–water partition coefficient (Wildman–Crippen LogP) is 1.74. The lowest BCUT2D eigenvalue weighted by Crippen LogP contribution is -2.16. The molecule has 2 N–H and O–H groups in total. The maximum atomic E-state index is 11.3. The van der Waals surface area contributed by atoms with Crippen molar-refractivity contribution in [3.63, 3.8) is 0 Å². The molecule has 0 bridgehead atoms. The van der Waals surface area contributed by atoms with E-state index >= 15 is 0 Å². The number of carbonyl (C=O) groups excluding carboxylic acids is 1. The molecule has 2 rings (SSSR count). The molecule has 0 saturated carbocycles. The maximum Gasteiger partial charge on any atom is 0.255 e. The normalized spacial score (nSPS) is 15.9. The van der Waals surface area contributed by atoms with E-state index < -0.39 is 0 Å². The number of aliphatic hydroxyl groups is 1. The first-order chi connectivity index (χ1) is 6.68. The Balaban J connectivity index is 2.44. The molecule has 0 fully saturated rings. The van der Waals surface area contributed by atoms with Crippen molar-refractivity contribution in [1.29, 1.82) is 0 Å². The molecule has 1 amide bonds. The summed E-state index contributed by atoms with van der Waals surface area (Å²) < 4.78 is 0. The molecule has 14 heavy (non-hydrogen) atoms. The van der Waals surface area contributed by atoms with Crippen molar-refractivity contribution in [2.45, 2.75) is 0 Å². The van der Waals surface area contributed by atoms with Crippen LogP contribution in [-0.2, 0) is 4.79 Å². The van der Waals surface area contributed by atoms with Crippen molar-refractivity contribution in [2.75, 3.05) is 6.54 Å². The van der Waals surface area contributed by atoms with E-state index in [1.165, 1.54) is 0 Å². The van der Waals surface area contributed by atoms with Gasteiger partial charge in [0, 0.05) is 5.02 Å². The van der Waals surface area contributed by atoms with Crippen LogP contribution in [0.2, 0.25) is 5.02 Å². The summed E-state index contributed by atoms with van der Waals surface area (Å²) in [5.74, 6) is -0.165. The van der Waals surface area contributed by atoms with E-state index in [1.54, 1.807) is 24.3 Å². The van der Waals surface area contributed by atoms with Crippen LogP contribution >= 0.6 is 11.6 Å². The highest BCUT2D eigenvalue weighted by Gasteiger charge is 2.23. The Morgan fingerprint density at radius 3 is 2.43 bits per heavy atom. The number of rotatable bonds is 1. The molecule has 1 aliphatic rings. The summed E-state index contributed by atoms with van der Waals surface area (Å²) >= 11 is 5.71. The fraction of sp³-hybridized carbons (Fsp3) is 0.100. The molecule has 1 aromatic carbocycles. The van der Waals surface area contributed by atoms with E-state index in [2.05, 4.69) is 5.32 Å². The minimum absolute atomic E-state index is 0.0809. The highest BCUT2D eigenvalue weighted by molar-refractivity contribution is 6.30. The first kappa shape index (κ1) is 9.09. The summed E-state index contributed by atoms with van der Waals surface area (Å²) in [5, 5.41) is 12.6. The van der Waals surface area contributed by atoms with Gasteiger partial charge in [0.25, 0.3) is 5.91 Å². The molecule has 1 heterocycles. The first-order valence-corrected chi connectivity index (χ1v) is 4.52. The molecule has 4 heteroatoms. The number of nitrogens with one attached hydrogen (secondary N) is 1. The van der Waals surface area contributed by atoms with Crippen molar-refractivity contribution in [2.24, 2.45) is 0 Å². The average Bonchev–Trinajstić information content (AvgIpc) is 2.49. The summed E-state index contributed by atoms with van der Waals surface area (Å²) in [7, 11) is 0. The van der Waals surface area contributed by atoms with Crippen LogP contribution in [0.3, 0.4) is 0 Å². The second-order valence-electron chi connectivity index (χ2n) is 3.01. The SMILES string of the molecule is O=C1NCC(O)=C1c1ccc(Cl)cc1. The van der Waals surface area contributed by atoms with Crippen molar-refractivity contribution < 1.29 is 9.90 Å². The Labute approximate surface area is 86.0 Å². The van der Waals surface area contributed by atoms with Gasteiger partial charge in [-0.25, -0.2) is 0 Å². The fourth-order valence-electron chi connectivity index (χ4n) is 1.39. The lowest BCUT2D eigenvalue weighted by Gasteiger charge is -2.00. The van der Waals surface area contributed by atoms with Crippen LogP contribution < -0.4 is 5.32 Å². The van der Waals surface area contributed by atoms with Crippen LogP contribution in [0, 0.1) is 0 Å². The molecule has 0 atom stereocenters. The molecule has 0 saturated heterocycles. The Hall–Kier alpha value is -1.48. The van der Waals surface area contributed by atoms with Gasteiger partial charge >= 0.3 is 0 Å². The van der Waals surface area contributed by atoms with E-state index in [-0.39, 0.29) is 18.2 Å². The number of hydrogen-bond acceptors (Lipinski definition) is 2. The zero-order chi connectivity index (χ0) is 10.1. The molecule has 1 aliphatic heterocycles. The van der Waals surface area contributed by atoms with E-state index in [1.807, 2.05) is 0 Å². The molecule has 0 aromatic heterocycles. The monoisotopic (exact) mass is 209 g/mol. The van der Waals surface area contributed by atoms with Crippen LogP contribution in [0.25, 0.3) is 5.57 Å². The minimum Gasteiger partial charge on any atom is -0.510 e. The molecule has 1 aromatic rings. The number of hydrogen-bond donors (Lipinski definition) is 2. The van der Waals surface area contributed by atoms with Gasteiger partial charge in [0.05, 0.1) is 12.1 Å². The molecule has 0 aliphatic carbocycles. The summed E-state index contributed by atoms with van der Waals surface area (Å²) in [4.78, 5) is 11.3. The highest BCUT2D eigenvalue weighted by atomic mass is 35.5. The van der Waals surface area contributed by atoms with Gasteiger partial charge in [0.15, 0.2) is 0 Å². The van der Waals surface area contributed by atoms with Gasteiger partial charge in [-0.3, -0.25) is 4.79 Å². The summed E-state index contributed by atoms with van der Waals surface area (Å²) in [5.41, 5.74) is 1.02. The lowest BCUT2D eigenvalue weighted by atomic mass is 10.1. The van der Waals surface area contributed by atoms with Gasteiger partial charge in [-0.2, -0.15) is 0 Å². The van der Waals surface area contributed by atoms with Gasteiger partial charge in [-0.1, -0.05) is 23.7 Å². The standard InChI is InChI=1S/C10H8ClNO2/c11-7-3-1-6(2-4-7)9-8(13)5-12-10(9)14/h1-4,13H,5H2,(H,12,14). The topological polar surface area (TPSA) is 49.3 Å². The zero-order valence-corrected chi connectivity index (χ0v) is 8.01. The number of amides is 1. The van der Waals surface area contributed by atoms with Gasteiger partial charge in [-0.05, 0) is 17.7 Å². The van der Waals surface area contributed by atoms with Crippen molar-refractivity contribution in [3.05, 3.63) is 40.6 Å². The minimum atomic E-state index is -0.246. The Morgan fingerprint density at radius 2 is 1.93 bits per heavy atom. The molecule has 3 nitrogen and oxygen atoms in total. The fourth-order valence-corrected chi connectivity index (χ4v) is 1.51. The van der Waals surface area contributed by atoms with Crippen molar-refractivity contribution in [1.82, 2.24) is 5.32 Å². The molecule has 0 spiro atoms. The third-order valence-corrected chi connectivity index (χ3v) is 2.32. The number of halogens is 1. The highest BCUT2D eigenvalue weighted by Crippen LogP contribution is 2.22. The summed E-state index contributed by atoms with van der Waals surface area (Å²) in [6.07, 6.45) is 0. The average molecular weight is 210 g/mol. The molecule has 0 radical (unpaired) electrons. The quantitative estimate of drug-likeness (QED) is 0.740. The Bertz CT molecular complexity index is 409. The van der Waals surface area contributed by atoms with Crippen molar-refractivity contribution >= 4 is 23.1 Å². The van der Waals surface area contributed by atoms with E-state index in [0.29, 0.717) is 16.2 Å². The zero-order valence-electron chi connectivity index (χ0n) is 7.25. The van der Waals surface area contributed by atoms with Crippen molar-refractivity contribution in [3.8, 4) is 0 Å². The van der Waals surface area contributed by atoms with Gasteiger partial charge < -0.3 is 10.4 Å². The van der Waals surface area contributed by atoms with Gasteiger partial charge in [0.2, 0.25) is 0 Å². The lowest BCUT2D eigenvalue weighted by molar-refractivity contribution is -0.114. The van der Waals surface area contributed by atoms with Crippen LogP contribution in [-0.4, -0.2) is 17.6 Å². The third kappa shape index (κ3) is 1.46. The van der Waals surface area contributed by atoms with Gasteiger partial charge in [0.1, 0.15) is 5.76 Å². The smallest absolute Gasteiger partial charge is 0.255 e. The van der Waals surface area contributed by atoms with Crippen LogP contribution in [0.1, 0.15) is 5.56 Å². The summed E-state index contributed by atoms with van der Waals surface area (Å²) in [6, 6.07) is 6.78. The van der Waals surface area contributed by atoms with E-state index in [0.717, 1.165) is 0 Å². The third-order valence-electron chi connectivity index (χ3n) is 2.06. The molecular weight excluding hydrogens is 202 g/mol. The number of carbonyl (C=O) groups is 1. The van der Waals surface area contributed by atoms with Gasteiger partial charge in [-0.15, -0.1) is 0 Å². The molecule has 72 valence electrons. The maximum absolute atomic E-state index is 11.3. The largest absolute Gasteiger partial charge is 0.510 e. The van der Waals surface area contributed by atoms with Crippen LogP contribution in [0.5, 0.6) is 0 Å². The summed E-state index contributed by atoms with van der Waals surface area (Å²) in [6.45, 7) is 0.205. The first-order valence-electron chi connectivity index (χ1n) is 4.15. The molecule has 0 unspecified atom stereocenters. The second-order valence-corrected chi connectivity index (χ2v) is 3.45. The Morgan fingerprint density at radius 1 is 1.29 bits per heavy atom. The predicted molar refractivity (Wildman–Crippen MR) is 54.0 cm³/mol. The molecular formula is C10H8ClNO2. The number of benzene rings is 1. The van der Waals surface area contributed by atoms with Crippen LogP contribution in [0.4, 0.5) is 0 Å². The van der Waals surface area contributed by atoms with E-state index in [4.69, 9.17) is 11.6 Å². The van der Waals surface area contributed by atoms with Crippen LogP contribution in [0.15, 0.2) is 30.0 Å².